The molecule has 0 fully saturated rings. The Morgan fingerprint density at radius 3 is 2.29 bits per heavy atom. The zero-order valence-electron chi connectivity index (χ0n) is 9.96. The van der Waals surface area contributed by atoms with E-state index in [1.807, 2.05) is 13.8 Å². The lowest BCUT2D eigenvalue weighted by Gasteiger charge is -2.15. The van der Waals surface area contributed by atoms with Crippen LogP contribution in [0, 0.1) is 11.8 Å². The third-order valence-corrected chi connectivity index (χ3v) is 4.06. The maximum absolute atomic E-state index is 12.0. The van der Waals surface area contributed by atoms with E-state index in [4.69, 9.17) is 0 Å². The molecule has 0 radical (unpaired) electrons. The summed E-state index contributed by atoms with van der Waals surface area (Å²) in [5, 5.41) is 2.59. The maximum Gasteiger partial charge on any atom is 0.281 e. The van der Waals surface area contributed by atoms with Crippen molar-refractivity contribution in [1.29, 1.82) is 0 Å². The predicted octanol–water partition coefficient (Wildman–Crippen LogP) is 2.47. The highest BCUT2D eigenvalue weighted by Gasteiger charge is 2.23. The summed E-state index contributed by atoms with van der Waals surface area (Å²) in [6, 6.07) is 6.34. The molecule has 0 aliphatic rings. The maximum atomic E-state index is 12.0. The molecule has 0 aliphatic carbocycles. The van der Waals surface area contributed by atoms with Crippen molar-refractivity contribution in [3.63, 3.8) is 0 Å². The van der Waals surface area contributed by atoms with Crippen LogP contribution in [0.25, 0.3) is 0 Å². The number of rotatable bonds is 6. The zero-order chi connectivity index (χ0) is 12.9. The molecule has 0 spiro atoms. The molecule has 0 saturated heterocycles. The Morgan fingerprint density at radius 1 is 1.24 bits per heavy atom. The second-order valence-electron chi connectivity index (χ2n) is 3.80. The Hall–Kier alpha value is -1.43. The zero-order valence-corrected chi connectivity index (χ0v) is 10.8. The van der Waals surface area contributed by atoms with Crippen molar-refractivity contribution in [1.82, 2.24) is 4.41 Å². The highest BCUT2D eigenvalue weighted by atomic mass is 32.2. The van der Waals surface area contributed by atoms with Crippen LogP contribution < -0.4 is 0 Å². The topological polar surface area (TPSA) is 66.8 Å². The van der Waals surface area contributed by atoms with Crippen LogP contribution in [0.15, 0.2) is 34.4 Å². The fourth-order valence-electron chi connectivity index (χ4n) is 1.33. The van der Waals surface area contributed by atoms with Crippen molar-refractivity contribution >= 4 is 10.0 Å². The summed E-state index contributed by atoms with van der Waals surface area (Å²) >= 11 is 0. The Kier molecular flexibility index (Phi) is 4.62. The van der Waals surface area contributed by atoms with Crippen LogP contribution in [0.2, 0.25) is 0 Å². The van der Waals surface area contributed by atoms with Crippen LogP contribution in [0.3, 0.4) is 0 Å². The van der Waals surface area contributed by atoms with Gasteiger partial charge >= 0.3 is 0 Å². The van der Waals surface area contributed by atoms with Crippen molar-refractivity contribution in [3.8, 4) is 0 Å². The van der Waals surface area contributed by atoms with Gasteiger partial charge in [-0.2, -0.15) is 12.8 Å². The van der Waals surface area contributed by atoms with Gasteiger partial charge < -0.3 is 0 Å². The molecule has 0 aliphatic heterocycles. The molecule has 0 bridgehead atoms. The number of benzene rings is 1. The summed E-state index contributed by atoms with van der Waals surface area (Å²) in [5.74, 6) is 0. The van der Waals surface area contributed by atoms with E-state index in [1.165, 1.54) is 12.1 Å². The van der Waals surface area contributed by atoms with Crippen LogP contribution in [0.1, 0.15) is 25.3 Å². The van der Waals surface area contributed by atoms with Crippen LogP contribution >= 0.6 is 0 Å². The molecule has 0 unspecified atom stereocenters. The number of aryl methyl sites for hydroxylation is 1. The fourth-order valence-corrected chi connectivity index (χ4v) is 2.51. The van der Waals surface area contributed by atoms with Gasteiger partial charge in [0.25, 0.3) is 10.0 Å². The van der Waals surface area contributed by atoms with Crippen molar-refractivity contribution in [3.05, 3.63) is 34.7 Å². The van der Waals surface area contributed by atoms with Crippen molar-refractivity contribution in [2.45, 2.75) is 31.6 Å². The highest BCUT2D eigenvalue weighted by Crippen LogP contribution is 2.17. The minimum atomic E-state index is -3.79. The smallest absolute Gasteiger partial charge is 0.200 e. The third-order valence-electron chi connectivity index (χ3n) is 2.39. The quantitative estimate of drug-likeness (QED) is 0.580. The molecule has 0 heterocycles. The summed E-state index contributed by atoms with van der Waals surface area (Å²) in [6.07, 6.45) is 1.41. The van der Waals surface area contributed by atoms with E-state index in [-0.39, 0.29) is 11.4 Å². The molecule has 17 heavy (non-hydrogen) atoms. The van der Waals surface area contributed by atoms with Gasteiger partial charge in [-0.05, 0) is 25.5 Å². The molecular weight excluding hydrogens is 240 g/mol. The van der Waals surface area contributed by atoms with Crippen LogP contribution in [-0.4, -0.2) is 19.4 Å². The molecule has 1 aromatic rings. The van der Waals surface area contributed by atoms with Gasteiger partial charge in [0, 0.05) is 0 Å². The van der Waals surface area contributed by atoms with E-state index in [1.54, 1.807) is 12.1 Å². The highest BCUT2D eigenvalue weighted by molar-refractivity contribution is 7.89. The van der Waals surface area contributed by atoms with E-state index in [2.05, 4.69) is 5.29 Å². The molecule has 1 rings (SSSR count). The van der Waals surface area contributed by atoms with Gasteiger partial charge in [-0.25, -0.2) is 0 Å². The lowest BCUT2D eigenvalue weighted by molar-refractivity contribution is 0.417. The Labute approximate surface area is 101 Å². The lowest BCUT2D eigenvalue weighted by Crippen LogP contribution is -2.26. The first kappa shape index (κ1) is 13.6. The second-order valence-corrected chi connectivity index (χ2v) is 5.64. The van der Waals surface area contributed by atoms with Crippen molar-refractivity contribution in [2.24, 2.45) is 5.29 Å². The number of nitroso groups, excluding NO2 is 1. The minimum absolute atomic E-state index is 0.0961. The molecule has 94 valence electrons. The summed E-state index contributed by atoms with van der Waals surface area (Å²) in [6.45, 7) is 3.90. The number of hydrogen-bond donors (Lipinski definition) is 0. The first-order valence-electron chi connectivity index (χ1n) is 5.45. The summed E-state index contributed by atoms with van der Waals surface area (Å²) < 4.78 is 24.6. The molecule has 0 N–H and O–H groups in total. The van der Waals surface area contributed by atoms with E-state index >= 15 is 0 Å². The summed E-state index contributed by atoms with van der Waals surface area (Å²) in [4.78, 5) is 10.7. The largest absolute Gasteiger partial charge is 0.281 e. The van der Waals surface area contributed by atoms with Gasteiger partial charge in [0.15, 0.2) is 0 Å². The molecular formula is C11H16N2O3S. The molecule has 6 heteroatoms. The van der Waals surface area contributed by atoms with Gasteiger partial charge in [0.2, 0.25) is 0 Å². The number of unbranched alkanes of at least 4 members (excludes halogenated alkanes) is 1. The first-order valence-corrected chi connectivity index (χ1v) is 6.89. The van der Waals surface area contributed by atoms with Gasteiger partial charge in [-0.1, -0.05) is 31.0 Å². The van der Waals surface area contributed by atoms with Gasteiger partial charge in [0.05, 0.1) is 16.7 Å². The Balaban J connectivity index is 2.99. The fraction of sp³-hybridized carbons (Fsp3) is 0.455. The summed E-state index contributed by atoms with van der Waals surface area (Å²) in [7, 11) is -3.79. The predicted molar refractivity (Wildman–Crippen MR) is 65.8 cm³/mol. The first-order chi connectivity index (χ1) is 8.02. The standard InChI is InChI=1S/C11H16N2O3S/c1-3-4-9-13(12-14)17(15,16)11-7-5-10(2)6-8-11/h5-8H,3-4,9H2,1-2H3. The number of nitrogens with zero attached hydrogens (tertiary/aromatic N) is 2. The van der Waals surface area contributed by atoms with Crippen molar-refractivity contribution < 1.29 is 8.42 Å². The molecule has 0 aromatic heterocycles. The molecule has 0 amide bonds. The van der Waals surface area contributed by atoms with Gasteiger partial charge in [-0.3, -0.25) is 0 Å². The number of sulfonamides is 1. The Morgan fingerprint density at radius 2 is 1.82 bits per heavy atom. The Bertz CT molecular complexity index is 468. The van der Waals surface area contributed by atoms with Crippen molar-refractivity contribution in [2.75, 3.05) is 6.54 Å². The normalized spacial score (nSPS) is 11.2. The van der Waals surface area contributed by atoms with Gasteiger partial charge in [0.1, 0.15) is 0 Å². The third kappa shape index (κ3) is 3.26. The monoisotopic (exact) mass is 256 g/mol. The van der Waals surface area contributed by atoms with Crippen LogP contribution in [0.4, 0.5) is 0 Å². The molecule has 0 atom stereocenters. The van der Waals surface area contributed by atoms with Crippen LogP contribution in [0.5, 0.6) is 0 Å². The van der Waals surface area contributed by atoms with E-state index < -0.39 is 10.0 Å². The SMILES string of the molecule is CCCCN(N=O)S(=O)(=O)c1ccc(C)cc1. The van der Waals surface area contributed by atoms with E-state index in [9.17, 15) is 13.3 Å². The second kappa shape index (κ2) is 5.77. The minimum Gasteiger partial charge on any atom is -0.200 e. The van der Waals surface area contributed by atoms with Crippen LogP contribution in [-0.2, 0) is 10.0 Å². The average Bonchev–Trinajstić information content (AvgIpc) is 2.30. The molecule has 5 nitrogen and oxygen atoms in total. The van der Waals surface area contributed by atoms with E-state index in [0.717, 1.165) is 12.0 Å². The van der Waals surface area contributed by atoms with Gasteiger partial charge in [-0.15, -0.1) is 4.91 Å². The molecule has 0 saturated carbocycles. The lowest BCUT2D eigenvalue weighted by atomic mass is 10.2. The number of hydrogen-bond acceptors (Lipinski definition) is 4. The molecule has 1 aromatic carbocycles. The summed E-state index contributed by atoms with van der Waals surface area (Å²) in [5.41, 5.74) is 0.961. The average molecular weight is 256 g/mol. The van der Waals surface area contributed by atoms with E-state index in [0.29, 0.717) is 10.8 Å².